The van der Waals surface area contributed by atoms with Crippen molar-refractivity contribution in [2.45, 2.75) is 18.6 Å². The standard InChI is InChI=1S/C11H20N2O5S/c1-9(7-11(15)16)19(17,18)8-10(14)13-5-3-12(2)4-6-13/h9H,3-8H2,1-2H3,(H,15,16). The van der Waals surface area contributed by atoms with Crippen molar-refractivity contribution in [2.24, 2.45) is 0 Å². The summed E-state index contributed by atoms with van der Waals surface area (Å²) in [6.45, 7) is 3.78. The van der Waals surface area contributed by atoms with Gasteiger partial charge >= 0.3 is 5.97 Å². The minimum absolute atomic E-state index is 0.440. The minimum atomic E-state index is -3.70. The molecule has 19 heavy (non-hydrogen) atoms. The predicted molar refractivity (Wildman–Crippen MR) is 69.6 cm³/mol. The highest BCUT2D eigenvalue weighted by molar-refractivity contribution is 7.92. The largest absolute Gasteiger partial charge is 0.481 e. The number of nitrogens with zero attached hydrogens (tertiary/aromatic N) is 2. The Bertz CT molecular complexity index is 440. The zero-order valence-electron chi connectivity index (χ0n) is 11.2. The average Bonchev–Trinajstić information content (AvgIpc) is 2.28. The summed E-state index contributed by atoms with van der Waals surface area (Å²) in [6.07, 6.45) is -0.474. The topological polar surface area (TPSA) is 95.0 Å². The number of carbonyl (C=O) groups excluding carboxylic acids is 1. The molecule has 1 rings (SSSR count). The van der Waals surface area contributed by atoms with E-state index in [1.165, 1.54) is 11.8 Å². The number of carboxylic acid groups (broad SMARTS) is 1. The van der Waals surface area contributed by atoms with E-state index in [9.17, 15) is 18.0 Å². The molecule has 7 nitrogen and oxygen atoms in total. The smallest absolute Gasteiger partial charge is 0.304 e. The normalized spacial score (nSPS) is 19.2. The second kappa shape index (κ2) is 6.33. The van der Waals surface area contributed by atoms with Crippen LogP contribution in [0.2, 0.25) is 0 Å². The van der Waals surface area contributed by atoms with Crippen molar-refractivity contribution < 1.29 is 23.1 Å². The molecule has 1 amide bonds. The Morgan fingerprint density at radius 2 is 1.74 bits per heavy atom. The third-order valence-corrected chi connectivity index (χ3v) is 5.30. The van der Waals surface area contributed by atoms with Crippen molar-refractivity contribution in [2.75, 3.05) is 39.0 Å². The first kappa shape index (κ1) is 15.9. The molecule has 1 saturated heterocycles. The van der Waals surface area contributed by atoms with E-state index in [0.29, 0.717) is 13.1 Å². The van der Waals surface area contributed by atoms with E-state index >= 15 is 0 Å². The van der Waals surface area contributed by atoms with Gasteiger partial charge in [0.15, 0.2) is 9.84 Å². The Morgan fingerprint density at radius 3 is 2.21 bits per heavy atom. The van der Waals surface area contributed by atoms with Crippen LogP contribution in [0.25, 0.3) is 0 Å². The molecule has 1 aliphatic rings. The fraction of sp³-hybridized carbons (Fsp3) is 0.818. The Labute approximate surface area is 113 Å². The highest BCUT2D eigenvalue weighted by Gasteiger charge is 2.29. The van der Waals surface area contributed by atoms with Crippen LogP contribution in [-0.4, -0.2) is 79.4 Å². The van der Waals surface area contributed by atoms with Crippen LogP contribution in [0, 0.1) is 0 Å². The van der Waals surface area contributed by atoms with Gasteiger partial charge in [-0.25, -0.2) is 8.42 Å². The van der Waals surface area contributed by atoms with Gasteiger partial charge in [0, 0.05) is 26.2 Å². The van der Waals surface area contributed by atoms with E-state index in [1.54, 1.807) is 0 Å². The molecular formula is C11H20N2O5S. The maximum Gasteiger partial charge on any atom is 0.304 e. The number of amides is 1. The number of carbonyl (C=O) groups is 2. The Balaban J connectivity index is 2.58. The zero-order chi connectivity index (χ0) is 14.6. The van der Waals surface area contributed by atoms with Crippen molar-refractivity contribution in [1.82, 2.24) is 9.80 Å². The fourth-order valence-corrected chi connectivity index (χ4v) is 3.04. The summed E-state index contributed by atoms with van der Waals surface area (Å²) in [7, 11) is -1.77. The molecule has 0 radical (unpaired) electrons. The first-order valence-electron chi connectivity index (χ1n) is 6.12. The van der Waals surface area contributed by atoms with E-state index < -0.39 is 39.1 Å². The summed E-state index contributed by atoms with van der Waals surface area (Å²) < 4.78 is 23.7. The first-order chi connectivity index (χ1) is 8.72. The average molecular weight is 292 g/mol. The molecule has 1 N–H and O–H groups in total. The lowest BCUT2D eigenvalue weighted by Gasteiger charge is -2.32. The van der Waals surface area contributed by atoms with Gasteiger partial charge in [0.1, 0.15) is 5.75 Å². The van der Waals surface area contributed by atoms with Crippen LogP contribution in [0.1, 0.15) is 13.3 Å². The molecular weight excluding hydrogens is 272 g/mol. The van der Waals surface area contributed by atoms with Gasteiger partial charge in [-0.05, 0) is 14.0 Å². The van der Waals surface area contributed by atoms with Crippen LogP contribution in [-0.2, 0) is 19.4 Å². The molecule has 0 saturated carbocycles. The highest BCUT2D eigenvalue weighted by Crippen LogP contribution is 2.09. The second-order valence-electron chi connectivity index (χ2n) is 4.90. The van der Waals surface area contributed by atoms with Crippen molar-refractivity contribution in [3.63, 3.8) is 0 Å². The quantitative estimate of drug-likeness (QED) is 0.701. The molecule has 1 unspecified atom stereocenters. The number of aliphatic carboxylic acids is 1. The second-order valence-corrected chi connectivity index (χ2v) is 7.32. The van der Waals surface area contributed by atoms with Gasteiger partial charge in [-0.3, -0.25) is 9.59 Å². The van der Waals surface area contributed by atoms with Crippen LogP contribution in [0.3, 0.4) is 0 Å². The minimum Gasteiger partial charge on any atom is -0.481 e. The number of likely N-dealkylation sites (N-methyl/N-ethyl adjacent to an activating group) is 1. The molecule has 1 atom stereocenters. The van der Waals surface area contributed by atoms with Crippen molar-refractivity contribution in [3.05, 3.63) is 0 Å². The third kappa shape index (κ3) is 4.79. The van der Waals surface area contributed by atoms with Crippen LogP contribution in [0.15, 0.2) is 0 Å². The van der Waals surface area contributed by atoms with Gasteiger partial charge in [-0.15, -0.1) is 0 Å². The van der Waals surface area contributed by atoms with Crippen LogP contribution < -0.4 is 0 Å². The lowest BCUT2D eigenvalue weighted by molar-refractivity contribution is -0.137. The molecule has 0 aliphatic carbocycles. The number of rotatable bonds is 5. The zero-order valence-corrected chi connectivity index (χ0v) is 12.0. The molecule has 110 valence electrons. The molecule has 0 aromatic heterocycles. The molecule has 0 spiro atoms. The Morgan fingerprint density at radius 1 is 1.21 bits per heavy atom. The number of hydrogen-bond donors (Lipinski definition) is 1. The molecule has 1 aliphatic heterocycles. The predicted octanol–water partition coefficient (Wildman–Crippen LogP) is -0.962. The van der Waals surface area contributed by atoms with E-state index in [2.05, 4.69) is 4.90 Å². The van der Waals surface area contributed by atoms with Gasteiger partial charge in [-0.1, -0.05) is 0 Å². The van der Waals surface area contributed by atoms with Gasteiger partial charge in [0.05, 0.1) is 11.7 Å². The molecule has 0 bridgehead atoms. The Kier molecular flexibility index (Phi) is 5.30. The van der Waals surface area contributed by atoms with Gasteiger partial charge in [-0.2, -0.15) is 0 Å². The third-order valence-electron chi connectivity index (χ3n) is 3.26. The summed E-state index contributed by atoms with van der Waals surface area (Å²) >= 11 is 0. The summed E-state index contributed by atoms with van der Waals surface area (Å²) in [6, 6.07) is 0. The summed E-state index contributed by atoms with van der Waals surface area (Å²) in [5.74, 6) is -2.22. The molecule has 1 heterocycles. The molecule has 8 heteroatoms. The van der Waals surface area contributed by atoms with E-state index in [-0.39, 0.29) is 0 Å². The number of sulfone groups is 1. The maximum atomic E-state index is 11.9. The molecule has 1 fully saturated rings. The van der Waals surface area contributed by atoms with Crippen LogP contribution in [0.5, 0.6) is 0 Å². The van der Waals surface area contributed by atoms with E-state index in [1.807, 2.05) is 7.05 Å². The molecule has 0 aromatic rings. The van der Waals surface area contributed by atoms with Crippen LogP contribution >= 0.6 is 0 Å². The first-order valence-corrected chi connectivity index (χ1v) is 7.83. The van der Waals surface area contributed by atoms with Gasteiger partial charge in [0.2, 0.25) is 5.91 Å². The number of carboxylic acids is 1. The number of piperazine rings is 1. The maximum absolute atomic E-state index is 11.9. The highest BCUT2D eigenvalue weighted by atomic mass is 32.2. The van der Waals surface area contributed by atoms with E-state index in [0.717, 1.165) is 13.1 Å². The summed E-state index contributed by atoms with van der Waals surface area (Å²) in [5, 5.41) is 7.55. The molecule has 0 aromatic carbocycles. The van der Waals surface area contributed by atoms with Crippen molar-refractivity contribution >= 4 is 21.7 Å². The Hall–Kier alpha value is -1.15. The monoisotopic (exact) mass is 292 g/mol. The summed E-state index contributed by atoms with van der Waals surface area (Å²) in [5.41, 5.74) is 0. The SMILES string of the molecule is CC(CC(=O)O)S(=O)(=O)CC(=O)N1CCN(C)CC1. The van der Waals surface area contributed by atoms with Crippen molar-refractivity contribution in [1.29, 1.82) is 0 Å². The fourth-order valence-electron chi connectivity index (χ4n) is 1.83. The van der Waals surface area contributed by atoms with Gasteiger partial charge in [0.25, 0.3) is 0 Å². The van der Waals surface area contributed by atoms with Gasteiger partial charge < -0.3 is 14.9 Å². The summed E-state index contributed by atoms with van der Waals surface area (Å²) in [4.78, 5) is 26.0. The van der Waals surface area contributed by atoms with E-state index in [4.69, 9.17) is 5.11 Å². The van der Waals surface area contributed by atoms with Crippen LogP contribution in [0.4, 0.5) is 0 Å². The lowest BCUT2D eigenvalue weighted by atomic mass is 10.3. The number of hydrogen-bond acceptors (Lipinski definition) is 5. The van der Waals surface area contributed by atoms with Crippen molar-refractivity contribution in [3.8, 4) is 0 Å². The lowest BCUT2D eigenvalue weighted by Crippen LogP contribution is -2.49.